The molecule has 2 fully saturated rings. The lowest BCUT2D eigenvalue weighted by atomic mass is 9.84. The molecule has 0 spiro atoms. The van der Waals surface area contributed by atoms with Gasteiger partial charge >= 0.3 is 0 Å². The van der Waals surface area contributed by atoms with Crippen molar-refractivity contribution in [3.8, 4) is 0 Å². The molecule has 1 N–H and O–H groups in total. The van der Waals surface area contributed by atoms with Gasteiger partial charge in [0, 0.05) is 25.0 Å². The Kier molecular flexibility index (Phi) is 3.63. The maximum atomic E-state index is 12.0. The van der Waals surface area contributed by atoms with Gasteiger partial charge in [-0.2, -0.15) is 4.52 Å². The number of aryl methyl sites for hydroxylation is 1. The Morgan fingerprint density at radius 1 is 1.17 bits per heavy atom. The van der Waals surface area contributed by atoms with Crippen molar-refractivity contribution in [1.29, 1.82) is 0 Å². The fraction of sp³-hybridized carbons (Fsp3) is 0.625. The van der Waals surface area contributed by atoms with Crippen molar-refractivity contribution in [3.63, 3.8) is 0 Å². The zero-order chi connectivity index (χ0) is 15.8. The van der Waals surface area contributed by atoms with Gasteiger partial charge in [-0.05, 0) is 44.7 Å². The number of hydrogen-bond donors (Lipinski definition) is 1. The summed E-state index contributed by atoms with van der Waals surface area (Å²) < 4.78 is 1.78. The molecule has 2 aromatic heterocycles. The molecule has 0 unspecified atom stereocenters. The van der Waals surface area contributed by atoms with E-state index in [9.17, 15) is 4.79 Å². The van der Waals surface area contributed by atoms with Crippen LogP contribution < -0.4 is 10.2 Å². The molecule has 23 heavy (non-hydrogen) atoms. The van der Waals surface area contributed by atoms with Crippen LogP contribution in [0.15, 0.2) is 12.1 Å². The first-order chi connectivity index (χ1) is 11.2. The summed E-state index contributed by atoms with van der Waals surface area (Å²) in [5.41, 5.74) is 0.772. The van der Waals surface area contributed by atoms with Gasteiger partial charge in [0.05, 0.1) is 0 Å². The van der Waals surface area contributed by atoms with Gasteiger partial charge in [-0.15, -0.1) is 15.3 Å². The third-order valence-corrected chi connectivity index (χ3v) is 5.05. The normalized spacial score (nSPS) is 19.8. The number of piperidine rings is 1. The molecule has 0 atom stereocenters. The standard InChI is InChI=1S/C16H22N6O/c1-11-18-19-14-5-6-15(20-22(11)14)21-9-7-13(8-10-21)17-16(23)12-3-2-4-12/h5-6,12-13H,2-4,7-10H2,1H3,(H,17,23). The van der Waals surface area contributed by atoms with Crippen LogP contribution >= 0.6 is 0 Å². The highest BCUT2D eigenvalue weighted by atomic mass is 16.2. The number of fused-ring (bicyclic) bond motifs is 1. The van der Waals surface area contributed by atoms with E-state index in [2.05, 4.69) is 25.5 Å². The van der Waals surface area contributed by atoms with E-state index in [4.69, 9.17) is 0 Å². The number of carbonyl (C=O) groups excluding carboxylic acids is 1. The predicted molar refractivity (Wildman–Crippen MR) is 86.2 cm³/mol. The minimum atomic E-state index is 0.259. The van der Waals surface area contributed by atoms with Crippen LogP contribution in [0.25, 0.3) is 5.65 Å². The topological polar surface area (TPSA) is 75.4 Å². The number of amides is 1. The molecule has 0 bridgehead atoms. The Labute approximate surface area is 135 Å². The third-order valence-electron chi connectivity index (χ3n) is 5.05. The SMILES string of the molecule is Cc1nnc2ccc(N3CCC(NC(=O)C4CCC4)CC3)nn12. The monoisotopic (exact) mass is 314 g/mol. The summed E-state index contributed by atoms with van der Waals surface area (Å²) in [5, 5.41) is 15.9. The average Bonchev–Trinajstić information content (AvgIpc) is 2.87. The summed E-state index contributed by atoms with van der Waals surface area (Å²) in [6.07, 6.45) is 5.27. The number of rotatable bonds is 3. The van der Waals surface area contributed by atoms with E-state index in [1.165, 1.54) is 6.42 Å². The van der Waals surface area contributed by atoms with E-state index in [1.54, 1.807) is 4.52 Å². The number of nitrogens with zero attached hydrogens (tertiary/aromatic N) is 5. The highest BCUT2D eigenvalue weighted by Gasteiger charge is 2.28. The number of hydrogen-bond acceptors (Lipinski definition) is 5. The van der Waals surface area contributed by atoms with Crippen LogP contribution in [0, 0.1) is 12.8 Å². The van der Waals surface area contributed by atoms with Crippen molar-refractivity contribution in [3.05, 3.63) is 18.0 Å². The molecule has 2 aromatic rings. The largest absolute Gasteiger partial charge is 0.355 e. The van der Waals surface area contributed by atoms with Crippen molar-refractivity contribution in [1.82, 2.24) is 25.1 Å². The van der Waals surface area contributed by atoms with Gasteiger partial charge in [0.1, 0.15) is 5.82 Å². The molecule has 1 aliphatic carbocycles. The van der Waals surface area contributed by atoms with Gasteiger partial charge in [0.25, 0.3) is 0 Å². The highest BCUT2D eigenvalue weighted by molar-refractivity contribution is 5.79. The molecular weight excluding hydrogens is 292 g/mol. The van der Waals surface area contributed by atoms with Gasteiger partial charge in [0.15, 0.2) is 11.5 Å². The minimum Gasteiger partial charge on any atom is -0.355 e. The minimum absolute atomic E-state index is 0.259. The van der Waals surface area contributed by atoms with Crippen molar-refractivity contribution < 1.29 is 4.79 Å². The van der Waals surface area contributed by atoms with Gasteiger partial charge in [0.2, 0.25) is 5.91 Å². The lowest BCUT2D eigenvalue weighted by molar-refractivity contribution is -0.128. The Bertz CT molecular complexity index is 714. The Hall–Kier alpha value is -2.18. The van der Waals surface area contributed by atoms with E-state index < -0.39 is 0 Å². The van der Waals surface area contributed by atoms with Crippen LogP contribution in [0.4, 0.5) is 5.82 Å². The van der Waals surface area contributed by atoms with Crippen molar-refractivity contribution in [2.45, 2.75) is 45.1 Å². The van der Waals surface area contributed by atoms with Gasteiger partial charge in [-0.1, -0.05) is 6.42 Å². The van der Waals surface area contributed by atoms with Crippen LogP contribution in [0.1, 0.15) is 37.9 Å². The molecule has 1 amide bonds. The molecule has 7 nitrogen and oxygen atoms in total. The molecule has 122 valence electrons. The maximum Gasteiger partial charge on any atom is 0.223 e. The molecule has 0 aromatic carbocycles. The second-order valence-corrected chi connectivity index (χ2v) is 6.61. The van der Waals surface area contributed by atoms with Gasteiger partial charge in [-0.3, -0.25) is 4.79 Å². The smallest absolute Gasteiger partial charge is 0.223 e. The summed E-state index contributed by atoms with van der Waals surface area (Å²) in [7, 11) is 0. The number of carbonyl (C=O) groups is 1. The maximum absolute atomic E-state index is 12.0. The van der Waals surface area contributed by atoms with Crippen LogP contribution in [0.3, 0.4) is 0 Å². The molecular formula is C16H22N6O. The first-order valence-corrected chi connectivity index (χ1v) is 8.45. The quantitative estimate of drug-likeness (QED) is 0.925. The molecule has 0 radical (unpaired) electrons. The van der Waals surface area contributed by atoms with Gasteiger partial charge < -0.3 is 10.2 Å². The predicted octanol–water partition coefficient (Wildman–Crippen LogP) is 1.32. The van der Waals surface area contributed by atoms with Crippen molar-refractivity contribution in [2.24, 2.45) is 5.92 Å². The number of aromatic nitrogens is 4. The van der Waals surface area contributed by atoms with E-state index in [0.29, 0.717) is 6.04 Å². The summed E-state index contributed by atoms with van der Waals surface area (Å²) >= 11 is 0. The van der Waals surface area contributed by atoms with Crippen LogP contribution in [0.2, 0.25) is 0 Å². The van der Waals surface area contributed by atoms with Crippen LogP contribution in [-0.2, 0) is 4.79 Å². The second-order valence-electron chi connectivity index (χ2n) is 6.61. The average molecular weight is 314 g/mol. The molecule has 4 rings (SSSR count). The first-order valence-electron chi connectivity index (χ1n) is 8.45. The molecule has 3 heterocycles. The highest BCUT2D eigenvalue weighted by Crippen LogP contribution is 2.27. The van der Waals surface area contributed by atoms with E-state index in [0.717, 1.165) is 56.1 Å². The van der Waals surface area contributed by atoms with Gasteiger partial charge in [-0.25, -0.2) is 0 Å². The first kappa shape index (κ1) is 14.4. The molecule has 1 saturated heterocycles. The summed E-state index contributed by atoms with van der Waals surface area (Å²) in [5.74, 6) is 2.27. The lowest BCUT2D eigenvalue weighted by Crippen LogP contribution is -2.47. The lowest BCUT2D eigenvalue weighted by Gasteiger charge is -2.34. The summed E-state index contributed by atoms with van der Waals surface area (Å²) in [6, 6.07) is 4.25. The second kappa shape index (κ2) is 5.79. The van der Waals surface area contributed by atoms with Crippen molar-refractivity contribution >= 4 is 17.4 Å². The fourth-order valence-corrected chi connectivity index (χ4v) is 3.30. The summed E-state index contributed by atoms with van der Waals surface area (Å²) in [6.45, 7) is 3.73. The Morgan fingerprint density at radius 2 is 1.96 bits per heavy atom. The zero-order valence-corrected chi connectivity index (χ0v) is 13.4. The van der Waals surface area contributed by atoms with E-state index in [1.807, 2.05) is 19.1 Å². The van der Waals surface area contributed by atoms with Crippen molar-refractivity contribution in [2.75, 3.05) is 18.0 Å². The molecule has 1 aliphatic heterocycles. The fourth-order valence-electron chi connectivity index (χ4n) is 3.30. The molecule has 7 heteroatoms. The molecule has 2 aliphatic rings. The summed E-state index contributed by atoms with van der Waals surface area (Å²) in [4.78, 5) is 14.3. The molecule has 1 saturated carbocycles. The van der Waals surface area contributed by atoms with Crippen LogP contribution in [0.5, 0.6) is 0 Å². The number of nitrogens with one attached hydrogen (secondary N) is 1. The Balaban J connectivity index is 1.38. The van der Waals surface area contributed by atoms with E-state index in [-0.39, 0.29) is 11.8 Å². The van der Waals surface area contributed by atoms with E-state index >= 15 is 0 Å². The zero-order valence-electron chi connectivity index (χ0n) is 13.4. The third kappa shape index (κ3) is 2.75. The van der Waals surface area contributed by atoms with Crippen LogP contribution in [-0.4, -0.2) is 44.8 Å². The Morgan fingerprint density at radius 3 is 2.65 bits per heavy atom. The number of anilines is 1.